The molecule has 2 aliphatic carbocycles. The van der Waals surface area contributed by atoms with Crippen molar-refractivity contribution >= 4 is 35.1 Å². The number of nitrogens with zero attached hydrogens (tertiary/aromatic N) is 4. The van der Waals surface area contributed by atoms with Gasteiger partial charge in [-0.2, -0.15) is 4.98 Å². The van der Waals surface area contributed by atoms with Crippen LogP contribution in [-0.4, -0.2) is 50.1 Å². The molecule has 2 heterocycles. The van der Waals surface area contributed by atoms with Gasteiger partial charge in [0.25, 0.3) is 0 Å². The van der Waals surface area contributed by atoms with Crippen molar-refractivity contribution in [3.05, 3.63) is 48.7 Å². The monoisotopic (exact) mass is 490 g/mol. The predicted molar refractivity (Wildman–Crippen MR) is 139 cm³/mol. The Kier molecular flexibility index (Phi) is 6.91. The van der Waals surface area contributed by atoms with E-state index >= 15 is 0 Å². The Labute approximate surface area is 211 Å². The molecule has 9 nitrogen and oxygen atoms in total. The van der Waals surface area contributed by atoms with Gasteiger partial charge in [-0.15, -0.1) is 0 Å². The van der Waals surface area contributed by atoms with E-state index in [4.69, 9.17) is 4.98 Å². The number of para-hydroxylation sites is 2. The van der Waals surface area contributed by atoms with Gasteiger partial charge in [0.2, 0.25) is 11.9 Å². The standard InChI is InChI=1S/C27H34N6O3/c1-2-23(34)29-21-9-4-5-10-22(21)30-25-28-17-19-18-32(16-8-15-27(36)13-6-3-7-14-27)26(35)33(20-11-12-20)24(19)31-25/h2,4-5,9-10,17,20,36H,1,3,6-8,11-16,18H2,(H,29,34)(H,28,30,31). The molecular formula is C27H34N6O3. The third-order valence-corrected chi connectivity index (χ3v) is 7.29. The molecule has 0 unspecified atom stereocenters. The Hall–Kier alpha value is -3.46. The molecular weight excluding hydrogens is 456 g/mol. The van der Waals surface area contributed by atoms with Crippen LogP contribution in [0.2, 0.25) is 0 Å². The fourth-order valence-corrected chi connectivity index (χ4v) is 5.20. The molecule has 0 spiro atoms. The van der Waals surface area contributed by atoms with Gasteiger partial charge in [-0.3, -0.25) is 9.69 Å². The number of anilines is 4. The summed E-state index contributed by atoms with van der Waals surface area (Å²) >= 11 is 0. The number of nitrogens with one attached hydrogen (secondary N) is 2. The second-order valence-electron chi connectivity index (χ2n) is 10.1. The number of hydrogen-bond acceptors (Lipinski definition) is 6. The average molecular weight is 491 g/mol. The Morgan fingerprint density at radius 2 is 1.94 bits per heavy atom. The van der Waals surface area contributed by atoms with E-state index in [-0.39, 0.29) is 18.0 Å². The summed E-state index contributed by atoms with van der Waals surface area (Å²) in [4.78, 5) is 38.2. The largest absolute Gasteiger partial charge is 0.390 e. The van der Waals surface area contributed by atoms with Gasteiger partial charge in [-0.1, -0.05) is 38.0 Å². The number of rotatable bonds is 9. The molecule has 1 aromatic carbocycles. The molecule has 36 heavy (non-hydrogen) atoms. The van der Waals surface area contributed by atoms with Crippen molar-refractivity contribution in [2.75, 3.05) is 22.1 Å². The van der Waals surface area contributed by atoms with Gasteiger partial charge in [0.05, 0.1) is 23.5 Å². The Morgan fingerprint density at radius 3 is 2.67 bits per heavy atom. The lowest BCUT2D eigenvalue weighted by Crippen LogP contribution is -2.49. The van der Waals surface area contributed by atoms with Gasteiger partial charge in [-0.25, -0.2) is 9.78 Å². The molecule has 0 radical (unpaired) electrons. The van der Waals surface area contributed by atoms with Crippen LogP contribution in [0.1, 0.15) is 63.4 Å². The third kappa shape index (κ3) is 5.36. The normalized spacial score (nSPS) is 19.0. The lowest BCUT2D eigenvalue weighted by atomic mass is 9.82. The molecule has 5 rings (SSSR count). The van der Waals surface area contributed by atoms with Crippen molar-refractivity contribution in [3.8, 4) is 0 Å². The highest BCUT2D eigenvalue weighted by Gasteiger charge is 2.41. The molecule has 3 aliphatic rings. The summed E-state index contributed by atoms with van der Waals surface area (Å²) < 4.78 is 0. The molecule has 0 atom stereocenters. The fraction of sp³-hybridized carbons (Fsp3) is 0.481. The van der Waals surface area contributed by atoms with Crippen LogP contribution in [0.15, 0.2) is 43.1 Å². The van der Waals surface area contributed by atoms with Gasteiger partial charge < -0.3 is 20.6 Å². The minimum atomic E-state index is -0.573. The Morgan fingerprint density at radius 1 is 1.19 bits per heavy atom. The van der Waals surface area contributed by atoms with Crippen molar-refractivity contribution in [2.24, 2.45) is 0 Å². The highest BCUT2D eigenvalue weighted by molar-refractivity contribution is 6.01. The maximum absolute atomic E-state index is 13.5. The van der Waals surface area contributed by atoms with Crippen LogP contribution in [0, 0.1) is 0 Å². The second-order valence-corrected chi connectivity index (χ2v) is 10.1. The first-order chi connectivity index (χ1) is 17.5. The molecule has 1 aliphatic heterocycles. The summed E-state index contributed by atoms with van der Waals surface area (Å²) in [5.41, 5.74) is 1.58. The molecule has 2 aromatic rings. The van der Waals surface area contributed by atoms with E-state index in [0.717, 1.165) is 56.9 Å². The Balaban J connectivity index is 1.31. The first-order valence-corrected chi connectivity index (χ1v) is 12.9. The minimum Gasteiger partial charge on any atom is -0.390 e. The van der Waals surface area contributed by atoms with Crippen molar-refractivity contribution < 1.29 is 14.7 Å². The summed E-state index contributed by atoms with van der Waals surface area (Å²) in [6, 6.07) is 7.42. The maximum Gasteiger partial charge on any atom is 0.326 e. The van der Waals surface area contributed by atoms with Crippen molar-refractivity contribution in [1.29, 1.82) is 0 Å². The summed E-state index contributed by atoms with van der Waals surface area (Å²) in [6.45, 7) is 4.57. The van der Waals surface area contributed by atoms with Crippen molar-refractivity contribution in [3.63, 3.8) is 0 Å². The zero-order valence-electron chi connectivity index (χ0n) is 20.6. The molecule has 190 valence electrons. The number of hydrogen-bond donors (Lipinski definition) is 3. The molecule has 3 amide bonds. The number of aliphatic hydroxyl groups is 1. The molecule has 0 saturated heterocycles. The fourth-order valence-electron chi connectivity index (χ4n) is 5.20. The number of benzene rings is 1. The van der Waals surface area contributed by atoms with E-state index in [1.165, 1.54) is 12.5 Å². The topological polar surface area (TPSA) is 111 Å². The van der Waals surface area contributed by atoms with Gasteiger partial charge in [0.15, 0.2) is 0 Å². The number of aromatic nitrogens is 2. The zero-order chi connectivity index (χ0) is 25.1. The second kappa shape index (κ2) is 10.3. The first-order valence-electron chi connectivity index (χ1n) is 12.9. The molecule has 3 N–H and O–H groups in total. The number of carbonyl (C=O) groups is 2. The molecule has 2 fully saturated rings. The zero-order valence-corrected chi connectivity index (χ0v) is 20.6. The molecule has 2 saturated carbocycles. The van der Waals surface area contributed by atoms with Crippen LogP contribution in [-0.2, 0) is 11.3 Å². The number of carbonyl (C=O) groups excluding carboxylic acids is 2. The third-order valence-electron chi connectivity index (χ3n) is 7.29. The van der Waals surface area contributed by atoms with Gasteiger partial charge >= 0.3 is 6.03 Å². The van der Waals surface area contributed by atoms with Crippen LogP contribution in [0.3, 0.4) is 0 Å². The quantitative estimate of drug-likeness (QED) is 0.439. The van der Waals surface area contributed by atoms with E-state index in [9.17, 15) is 14.7 Å². The van der Waals surface area contributed by atoms with E-state index in [0.29, 0.717) is 36.2 Å². The van der Waals surface area contributed by atoms with E-state index in [1.807, 2.05) is 28.0 Å². The van der Waals surface area contributed by atoms with E-state index in [1.54, 1.807) is 12.3 Å². The van der Waals surface area contributed by atoms with Crippen LogP contribution in [0.25, 0.3) is 0 Å². The average Bonchev–Trinajstić information content (AvgIpc) is 3.71. The highest BCUT2D eigenvalue weighted by atomic mass is 16.3. The molecule has 1 aromatic heterocycles. The molecule has 0 bridgehead atoms. The van der Waals surface area contributed by atoms with Crippen LogP contribution < -0.4 is 15.5 Å². The first kappa shape index (κ1) is 24.2. The highest BCUT2D eigenvalue weighted by Crippen LogP contribution is 2.38. The summed E-state index contributed by atoms with van der Waals surface area (Å²) in [5.74, 6) is 0.701. The smallest absolute Gasteiger partial charge is 0.326 e. The number of fused-ring (bicyclic) bond motifs is 1. The summed E-state index contributed by atoms with van der Waals surface area (Å²) in [7, 11) is 0. The number of urea groups is 1. The lowest BCUT2D eigenvalue weighted by Gasteiger charge is -2.37. The van der Waals surface area contributed by atoms with Gasteiger partial charge in [-0.05, 0) is 56.7 Å². The van der Waals surface area contributed by atoms with E-state index < -0.39 is 5.60 Å². The van der Waals surface area contributed by atoms with Gasteiger partial charge in [0, 0.05) is 24.3 Å². The summed E-state index contributed by atoms with van der Waals surface area (Å²) in [6.07, 6.45) is 11.5. The molecule has 9 heteroatoms. The summed E-state index contributed by atoms with van der Waals surface area (Å²) in [5, 5.41) is 16.8. The van der Waals surface area contributed by atoms with Crippen LogP contribution >= 0.6 is 0 Å². The van der Waals surface area contributed by atoms with Crippen LogP contribution in [0.5, 0.6) is 0 Å². The Bertz CT molecular complexity index is 1140. The minimum absolute atomic E-state index is 0.0241. The maximum atomic E-state index is 13.5. The van der Waals surface area contributed by atoms with Crippen molar-refractivity contribution in [2.45, 2.75) is 76.0 Å². The number of amides is 3. The van der Waals surface area contributed by atoms with Gasteiger partial charge in [0.1, 0.15) is 5.82 Å². The predicted octanol–water partition coefficient (Wildman–Crippen LogP) is 4.72. The lowest BCUT2D eigenvalue weighted by molar-refractivity contribution is -0.111. The van der Waals surface area contributed by atoms with Crippen LogP contribution in [0.4, 0.5) is 27.9 Å². The van der Waals surface area contributed by atoms with Crippen molar-refractivity contribution in [1.82, 2.24) is 14.9 Å². The van der Waals surface area contributed by atoms with E-state index in [2.05, 4.69) is 22.2 Å². The SMILES string of the molecule is C=CC(=O)Nc1ccccc1Nc1ncc2c(n1)N(C1CC1)C(=O)N(CCCC1(O)CCCCC1)C2.